The van der Waals surface area contributed by atoms with E-state index in [-0.39, 0.29) is 17.9 Å². The normalized spacial score (nSPS) is 22.6. The van der Waals surface area contributed by atoms with Crippen molar-refractivity contribution in [3.63, 3.8) is 0 Å². The van der Waals surface area contributed by atoms with Crippen molar-refractivity contribution in [3.8, 4) is 0 Å². The van der Waals surface area contributed by atoms with E-state index < -0.39 is 10.0 Å². The molecule has 0 radical (unpaired) electrons. The van der Waals surface area contributed by atoms with Crippen molar-refractivity contribution in [2.75, 3.05) is 57.0 Å². The van der Waals surface area contributed by atoms with Crippen LogP contribution in [0.5, 0.6) is 0 Å². The number of carbonyl (C=O) groups is 1. The SMILES string of the molecule is Cc1cccc(N2CCN(CCC(C)NC(=O)C3CCCN(S(C)(=O)=O)C3)CC2)c1. The van der Waals surface area contributed by atoms with Gasteiger partial charge in [-0.05, 0) is 50.8 Å². The molecule has 0 aliphatic carbocycles. The number of aryl methyl sites for hydroxylation is 1. The monoisotopic (exact) mass is 436 g/mol. The summed E-state index contributed by atoms with van der Waals surface area (Å²) in [6, 6.07) is 8.74. The van der Waals surface area contributed by atoms with Gasteiger partial charge in [0.25, 0.3) is 0 Å². The molecule has 2 aliphatic heterocycles. The Morgan fingerprint density at radius 3 is 2.60 bits per heavy atom. The van der Waals surface area contributed by atoms with Crippen molar-refractivity contribution < 1.29 is 13.2 Å². The third-order valence-corrected chi connectivity index (χ3v) is 7.50. The molecule has 2 saturated heterocycles. The van der Waals surface area contributed by atoms with Gasteiger partial charge in [0.05, 0.1) is 12.2 Å². The van der Waals surface area contributed by atoms with Crippen molar-refractivity contribution in [1.29, 1.82) is 0 Å². The second-order valence-electron chi connectivity index (χ2n) is 8.83. The Labute approximate surface area is 181 Å². The van der Waals surface area contributed by atoms with Crippen molar-refractivity contribution >= 4 is 21.6 Å². The highest BCUT2D eigenvalue weighted by atomic mass is 32.2. The third-order valence-electron chi connectivity index (χ3n) is 6.23. The van der Waals surface area contributed by atoms with E-state index in [1.54, 1.807) is 0 Å². The summed E-state index contributed by atoms with van der Waals surface area (Å²) in [6.45, 7) is 10.1. The number of rotatable bonds is 7. The minimum absolute atomic E-state index is 0.0138. The van der Waals surface area contributed by atoms with Crippen LogP contribution in [0.1, 0.15) is 31.7 Å². The summed E-state index contributed by atoms with van der Waals surface area (Å²) in [4.78, 5) is 17.5. The highest BCUT2D eigenvalue weighted by Crippen LogP contribution is 2.20. The maximum absolute atomic E-state index is 12.6. The van der Waals surface area contributed by atoms with Crippen molar-refractivity contribution in [3.05, 3.63) is 29.8 Å². The molecule has 7 nitrogen and oxygen atoms in total. The topological polar surface area (TPSA) is 73.0 Å². The molecular weight excluding hydrogens is 400 g/mol. The summed E-state index contributed by atoms with van der Waals surface area (Å²) < 4.78 is 25.0. The molecule has 8 heteroatoms. The van der Waals surface area contributed by atoms with E-state index in [2.05, 4.69) is 46.3 Å². The van der Waals surface area contributed by atoms with Gasteiger partial charge in [0.15, 0.2) is 0 Å². The van der Waals surface area contributed by atoms with Crippen LogP contribution >= 0.6 is 0 Å². The fraction of sp³-hybridized carbons (Fsp3) is 0.682. The second kappa shape index (κ2) is 10.1. The Morgan fingerprint density at radius 1 is 1.20 bits per heavy atom. The van der Waals surface area contributed by atoms with Gasteiger partial charge >= 0.3 is 0 Å². The molecule has 2 fully saturated rings. The third kappa shape index (κ3) is 6.43. The molecule has 1 aromatic carbocycles. The molecule has 0 bridgehead atoms. The van der Waals surface area contributed by atoms with E-state index in [0.29, 0.717) is 13.1 Å². The molecule has 3 rings (SSSR count). The van der Waals surface area contributed by atoms with Crippen molar-refractivity contribution in [2.24, 2.45) is 5.92 Å². The highest BCUT2D eigenvalue weighted by Gasteiger charge is 2.30. The van der Waals surface area contributed by atoms with E-state index in [1.807, 2.05) is 6.92 Å². The molecule has 2 atom stereocenters. The minimum Gasteiger partial charge on any atom is -0.369 e. The van der Waals surface area contributed by atoms with Crippen LogP contribution in [0.4, 0.5) is 5.69 Å². The number of nitrogens with one attached hydrogen (secondary N) is 1. The molecule has 168 valence electrons. The number of sulfonamides is 1. The predicted octanol–water partition coefficient (Wildman–Crippen LogP) is 1.68. The van der Waals surface area contributed by atoms with Crippen LogP contribution in [0.25, 0.3) is 0 Å². The molecule has 0 saturated carbocycles. The number of hydrogen-bond acceptors (Lipinski definition) is 5. The van der Waals surface area contributed by atoms with E-state index in [9.17, 15) is 13.2 Å². The molecule has 2 unspecified atom stereocenters. The van der Waals surface area contributed by atoms with Crippen LogP contribution in [-0.4, -0.2) is 81.6 Å². The Balaban J connectivity index is 1.39. The number of hydrogen-bond donors (Lipinski definition) is 1. The molecule has 1 N–H and O–H groups in total. The van der Waals surface area contributed by atoms with Crippen LogP contribution < -0.4 is 10.2 Å². The van der Waals surface area contributed by atoms with E-state index in [4.69, 9.17) is 0 Å². The summed E-state index contributed by atoms with van der Waals surface area (Å²) >= 11 is 0. The molecule has 1 aromatic rings. The lowest BCUT2D eigenvalue weighted by molar-refractivity contribution is -0.126. The van der Waals surface area contributed by atoms with Gasteiger partial charge in [-0.15, -0.1) is 0 Å². The zero-order chi connectivity index (χ0) is 21.7. The first-order valence-electron chi connectivity index (χ1n) is 11.0. The summed E-state index contributed by atoms with van der Waals surface area (Å²) in [5, 5.41) is 3.10. The average molecular weight is 437 g/mol. The first kappa shape index (κ1) is 23.0. The first-order valence-corrected chi connectivity index (χ1v) is 12.9. The predicted molar refractivity (Wildman–Crippen MR) is 121 cm³/mol. The molecule has 1 amide bonds. The van der Waals surface area contributed by atoms with Gasteiger partial charge in [-0.1, -0.05) is 12.1 Å². The lowest BCUT2D eigenvalue weighted by Gasteiger charge is -2.36. The summed E-state index contributed by atoms with van der Waals surface area (Å²) in [7, 11) is -3.23. The van der Waals surface area contributed by atoms with Gasteiger partial charge in [-0.3, -0.25) is 9.69 Å². The quantitative estimate of drug-likeness (QED) is 0.704. The van der Waals surface area contributed by atoms with Gasteiger partial charge in [0, 0.05) is 57.5 Å². The largest absolute Gasteiger partial charge is 0.369 e. The van der Waals surface area contributed by atoms with E-state index in [0.717, 1.165) is 52.0 Å². The summed E-state index contributed by atoms with van der Waals surface area (Å²) in [6.07, 6.45) is 3.61. The minimum atomic E-state index is -3.23. The average Bonchev–Trinajstić information content (AvgIpc) is 2.72. The first-order chi connectivity index (χ1) is 14.2. The van der Waals surface area contributed by atoms with Crippen LogP contribution in [0.15, 0.2) is 24.3 Å². The molecule has 0 spiro atoms. The number of carbonyl (C=O) groups excluding carboxylic acids is 1. The summed E-state index contributed by atoms with van der Waals surface area (Å²) in [5.41, 5.74) is 2.59. The standard InChI is InChI=1S/C22H36N4O3S/c1-18-6-4-8-21(16-18)25-14-12-24(13-15-25)11-9-19(2)23-22(27)20-7-5-10-26(17-20)30(3,28)29/h4,6,8,16,19-20H,5,7,9-15,17H2,1-3H3,(H,23,27). The zero-order valence-corrected chi connectivity index (χ0v) is 19.3. The van der Waals surface area contributed by atoms with Crippen molar-refractivity contribution in [1.82, 2.24) is 14.5 Å². The van der Waals surface area contributed by atoms with Gasteiger partial charge in [-0.2, -0.15) is 0 Å². The fourth-order valence-electron chi connectivity index (χ4n) is 4.32. The van der Waals surface area contributed by atoms with E-state index in [1.165, 1.54) is 21.8 Å². The maximum atomic E-state index is 12.6. The molecular formula is C22H36N4O3S. The Bertz CT molecular complexity index is 821. The van der Waals surface area contributed by atoms with Gasteiger partial charge < -0.3 is 10.2 Å². The molecule has 2 aliphatic rings. The fourth-order valence-corrected chi connectivity index (χ4v) is 5.23. The van der Waals surface area contributed by atoms with Crippen LogP contribution in [0, 0.1) is 12.8 Å². The van der Waals surface area contributed by atoms with Gasteiger partial charge in [0.2, 0.25) is 15.9 Å². The van der Waals surface area contributed by atoms with Crippen molar-refractivity contribution in [2.45, 2.75) is 39.2 Å². The number of piperazine rings is 1. The van der Waals surface area contributed by atoms with Crippen LogP contribution in [0.2, 0.25) is 0 Å². The van der Waals surface area contributed by atoms with E-state index >= 15 is 0 Å². The zero-order valence-electron chi connectivity index (χ0n) is 18.5. The van der Waals surface area contributed by atoms with Gasteiger partial charge in [0.1, 0.15) is 0 Å². The number of amides is 1. The molecule has 30 heavy (non-hydrogen) atoms. The number of nitrogens with zero attached hydrogens (tertiary/aromatic N) is 3. The smallest absolute Gasteiger partial charge is 0.224 e. The van der Waals surface area contributed by atoms with Crippen LogP contribution in [-0.2, 0) is 14.8 Å². The Hall–Kier alpha value is -1.64. The van der Waals surface area contributed by atoms with Crippen LogP contribution in [0.3, 0.4) is 0 Å². The van der Waals surface area contributed by atoms with Gasteiger partial charge in [-0.25, -0.2) is 12.7 Å². The summed E-state index contributed by atoms with van der Waals surface area (Å²) in [5.74, 6) is -0.256. The maximum Gasteiger partial charge on any atom is 0.224 e. The molecule has 0 aromatic heterocycles. The highest BCUT2D eigenvalue weighted by molar-refractivity contribution is 7.88. The Kier molecular flexibility index (Phi) is 7.76. The number of anilines is 1. The molecule has 2 heterocycles. The lowest BCUT2D eigenvalue weighted by atomic mass is 9.98. The Morgan fingerprint density at radius 2 is 1.93 bits per heavy atom. The number of benzene rings is 1. The lowest BCUT2D eigenvalue weighted by Crippen LogP contribution is -2.49. The number of piperidine rings is 1. The second-order valence-corrected chi connectivity index (χ2v) is 10.8.